The van der Waals surface area contributed by atoms with Crippen molar-refractivity contribution in [2.75, 3.05) is 18.8 Å². The van der Waals surface area contributed by atoms with Gasteiger partial charge in [0.15, 0.2) is 17.1 Å². The number of aryl methyl sites for hydroxylation is 2. The normalized spacial score (nSPS) is 16.4. The lowest BCUT2D eigenvalue weighted by Gasteiger charge is -2.33. The predicted molar refractivity (Wildman–Crippen MR) is 122 cm³/mol. The zero-order valence-corrected chi connectivity index (χ0v) is 18.4. The number of H-pyrrole nitrogens is 1. The molecule has 5 rings (SSSR count). The molecule has 1 fully saturated rings. The molecule has 0 radical (unpaired) electrons. The van der Waals surface area contributed by atoms with Crippen molar-refractivity contribution in [2.24, 2.45) is 0 Å². The number of likely N-dealkylation sites (tertiary alicyclic amines) is 1. The van der Waals surface area contributed by atoms with Gasteiger partial charge in [0.25, 0.3) is 5.56 Å². The topological polar surface area (TPSA) is 147 Å². The van der Waals surface area contributed by atoms with Crippen LogP contribution in [0.5, 0.6) is 0 Å². The number of benzene rings is 1. The van der Waals surface area contributed by atoms with Gasteiger partial charge in [-0.15, -0.1) is 0 Å². The summed E-state index contributed by atoms with van der Waals surface area (Å²) in [6, 6.07) is 7.66. The van der Waals surface area contributed by atoms with Crippen LogP contribution < -0.4 is 11.3 Å². The minimum Gasteiger partial charge on any atom is -0.454 e. The third-order valence-electron chi connectivity index (χ3n) is 6.29. The van der Waals surface area contributed by atoms with Crippen molar-refractivity contribution in [3.63, 3.8) is 0 Å². The number of aromatic amines is 1. The summed E-state index contributed by atoms with van der Waals surface area (Å²) in [4.78, 5) is 26.6. The lowest BCUT2D eigenvalue weighted by molar-refractivity contribution is -0.131. The van der Waals surface area contributed by atoms with Crippen LogP contribution in [0, 0.1) is 25.2 Å². The van der Waals surface area contributed by atoms with Gasteiger partial charge in [-0.2, -0.15) is 15.5 Å². The number of hydrogen-bond donors (Lipinski definition) is 2. The van der Waals surface area contributed by atoms with E-state index in [0.29, 0.717) is 29.9 Å². The number of piperidine rings is 1. The summed E-state index contributed by atoms with van der Waals surface area (Å²) in [5, 5.41) is 21.3. The summed E-state index contributed by atoms with van der Waals surface area (Å²) < 4.78 is 8.02. The molecule has 1 aromatic carbocycles. The van der Waals surface area contributed by atoms with Gasteiger partial charge >= 0.3 is 0 Å². The van der Waals surface area contributed by atoms with E-state index in [1.54, 1.807) is 9.58 Å². The number of nitrogen functional groups attached to an aromatic ring is 1. The zero-order valence-electron chi connectivity index (χ0n) is 18.4. The molecule has 1 aliphatic heterocycles. The van der Waals surface area contributed by atoms with Crippen LogP contribution in [0.3, 0.4) is 0 Å². The minimum absolute atomic E-state index is 0.148. The summed E-state index contributed by atoms with van der Waals surface area (Å²) in [5.41, 5.74) is 9.25. The van der Waals surface area contributed by atoms with Crippen LogP contribution in [0.2, 0.25) is 0 Å². The van der Waals surface area contributed by atoms with Gasteiger partial charge in [0, 0.05) is 24.0 Å². The lowest BCUT2D eigenvalue weighted by atomic mass is 10.0. The maximum Gasteiger partial charge on any atom is 0.292 e. The highest BCUT2D eigenvalue weighted by Crippen LogP contribution is 2.40. The van der Waals surface area contributed by atoms with E-state index in [1.807, 2.05) is 32.0 Å². The SMILES string of the molecule is Cc1ccc2oc(-c3c4c(N)n[nH]c(=O)c4nn3C3CCCN(C(=O)CC#N)C3)c(C)c2c1. The van der Waals surface area contributed by atoms with Crippen LogP contribution in [0.25, 0.3) is 33.3 Å². The number of aromatic nitrogens is 4. The van der Waals surface area contributed by atoms with Gasteiger partial charge < -0.3 is 15.1 Å². The van der Waals surface area contributed by atoms with E-state index in [4.69, 9.17) is 15.4 Å². The Labute approximate surface area is 188 Å². The number of nitrogens with zero attached hydrogens (tertiary/aromatic N) is 5. The Balaban J connectivity index is 1.74. The molecule has 1 aliphatic rings. The molecule has 10 heteroatoms. The summed E-state index contributed by atoms with van der Waals surface area (Å²) >= 11 is 0. The van der Waals surface area contributed by atoms with Crippen molar-refractivity contribution in [1.29, 1.82) is 5.26 Å². The van der Waals surface area contributed by atoms with Gasteiger partial charge in [-0.1, -0.05) is 11.6 Å². The molecule has 0 saturated carbocycles. The average Bonchev–Trinajstić information content (AvgIpc) is 3.36. The summed E-state index contributed by atoms with van der Waals surface area (Å²) in [6.07, 6.45) is 1.33. The number of furan rings is 1. The molecule has 1 saturated heterocycles. The Morgan fingerprint density at radius 1 is 1.39 bits per heavy atom. The first-order chi connectivity index (χ1) is 15.9. The second-order valence-corrected chi connectivity index (χ2v) is 8.48. The number of carbonyl (C=O) groups excluding carboxylic acids is 1. The van der Waals surface area contributed by atoms with Crippen molar-refractivity contribution >= 4 is 33.6 Å². The van der Waals surface area contributed by atoms with Crippen LogP contribution in [0.1, 0.15) is 36.4 Å². The zero-order chi connectivity index (χ0) is 23.3. The highest BCUT2D eigenvalue weighted by atomic mass is 16.3. The molecule has 4 aromatic rings. The van der Waals surface area contributed by atoms with Crippen LogP contribution in [-0.2, 0) is 4.79 Å². The van der Waals surface area contributed by atoms with Crippen LogP contribution in [0.15, 0.2) is 27.4 Å². The first-order valence-electron chi connectivity index (χ1n) is 10.8. The van der Waals surface area contributed by atoms with E-state index in [2.05, 4.69) is 21.4 Å². The Morgan fingerprint density at radius 2 is 2.21 bits per heavy atom. The predicted octanol–water partition coefficient (Wildman–Crippen LogP) is 2.81. The first kappa shape index (κ1) is 20.8. The number of nitriles is 1. The second-order valence-electron chi connectivity index (χ2n) is 8.48. The monoisotopic (exact) mass is 445 g/mol. The molecule has 0 spiro atoms. The van der Waals surface area contributed by atoms with Gasteiger partial charge in [-0.05, 0) is 38.8 Å². The fraction of sp³-hybridized carbons (Fsp3) is 0.348. The molecule has 0 aliphatic carbocycles. The molecule has 3 aromatic heterocycles. The molecule has 10 nitrogen and oxygen atoms in total. The maximum absolute atomic E-state index is 12.6. The Kier molecular flexibility index (Phi) is 4.89. The molecule has 1 atom stereocenters. The number of hydrogen-bond acceptors (Lipinski definition) is 7. The summed E-state index contributed by atoms with van der Waals surface area (Å²) in [7, 11) is 0. The molecule has 0 bridgehead atoms. The number of anilines is 1. The molecule has 4 heterocycles. The largest absolute Gasteiger partial charge is 0.454 e. The number of nitrogens with one attached hydrogen (secondary N) is 1. The fourth-order valence-electron chi connectivity index (χ4n) is 4.66. The number of rotatable bonds is 3. The van der Waals surface area contributed by atoms with Gasteiger partial charge in [0.05, 0.1) is 17.5 Å². The molecule has 168 valence electrons. The number of nitrogens with two attached hydrogens (primary N) is 1. The highest BCUT2D eigenvalue weighted by Gasteiger charge is 2.31. The Bertz CT molecular complexity index is 1500. The summed E-state index contributed by atoms with van der Waals surface area (Å²) in [5.74, 6) is 0.502. The highest BCUT2D eigenvalue weighted by molar-refractivity contribution is 6.01. The van der Waals surface area contributed by atoms with Gasteiger partial charge in [-0.25, -0.2) is 5.10 Å². The first-order valence-corrected chi connectivity index (χ1v) is 10.8. The van der Waals surface area contributed by atoms with Gasteiger partial charge in [0.2, 0.25) is 5.91 Å². The van der Waals surface area contributed by atoms with Crippen molar-refractivity contribution in [3.05, 3.63) is 39.7 Å². The summed E-state index contributed by atoms with van der Waals surface area (Å²) in [6.45, 7) is 4.94. The lowest BCUT2D eigenvalue weighted by Crippen LogP contribution is -2.40. The van der Waals surface area contributed by atoms with E-state index >= 15 is 0 Å². The quantitative estimate of drug-likeness (QED) is 0.493. The van der Waals surface area contributed by atoms with Crippen molar-refractivity contribution in [1.82, 2.24) is 24.9 Å². The molecule has 3 N–H and O–H groups in total. The van der Waals surface area contributed by atoms with E-state index in [-0.39, 0.29) is 29.7 Å². The van der Waals surface area contributed by atoms with Crippen LogP contribution in [-0.4, -0.2) is 43.9 Å². The smallest absolute Gasteiger partial charge is 0.292 e. The third-order valence-corrected chi connectivity index (χ3v) is 6.29. The molecular formula is C23H23N7O3. The molecular weight excluding hydrogens is 422 g/mol. The van der Waals surface area contributed by atoms with E-state index in [1.165, 1.54) is 0 Å². The molecule has 1 unspecified atom stereocenters. The van der Waals surface area contributed by atoms with Gasteiger partial charge in [-0.3, -0.25) is 14.3 Å². The molecule has 1 amide bonds. The maximum atomic E-state index is 12.6. The fourth-order valence-corrected chi connectivity index (χ4v) is 4.66. The second kappa shape index (κ2) is 7.78. The average molecular weight is 445 g/mol. The van der Waals surface area contributed by atoms with Gasteiger partial charge in [0.1, 0.15) is 17.7 Å². The Hall–Kier alpha value is -4.13. The van der Waals surface area contributed by atoms with E-state index < -0.39 is 5.56 Å². The standard InChI is InChI=1S/C23H23N7O3/c1-12-5-6-16-15(10-12)13(2)21(33-16)20-18-19(23(32)27-26-22(18)25)28-30(20)14-4-3-9-29(11-14)17(31)7-8-24/h5-6,10,14H,3-4,7,9,11H2,1-2H3,(H2,25,26)(H,27,32). The number of amides is 1. The van der Waals surface area contributed by atoms with Crippen molar-refractivity contribution in [3.8, 4) is 17.5 Å². The van der Waals surface area contributed by atoms with Crippen LogP contribution >= 0.6 is 0 Å². The van der Waals surface area contributed by atoms with Crippen molar-refractivity contribution < 1.29 is 9.21 Å². The molecule has 33 heavy (non-hydrogen) atoms. The van der Waals surface area contributed by atoms with E-state index in [0.717, 1.165) is 34.9 Å². The van der Waals surface area contributed by atoms with Crippen LogP contribution in [0.4, 0.5) is 5.82 Å². The number of fused-ring (bicyclic) bond motifs is 2. The van der Waals surface area contributed by atoms with Crippen molar-refractivity contribution in [2.45, 2.75) is 39.2 Å². The minimum atomic E-state index is -0.447. The Morgan fingerprint density at radius 3 is 3.00 bits per heavy atom. The third kappa shape index (κ3) is 3.33. The van der Waals surface area contributed by atoms with E-state index in [9.17, 15) is 9.59 Å². The number of carbonyl (C=O) groups is 1.